The van der Waals surface area contributed by atoms with E-state index in [9.17, 15) is 24.0 Å². The summed E-state index contributed by atoms with van der Waals surface area (Å²) in [6.45, 7) is 10.6. The Bertz CT molecular complexity index is 1650. The SMILES string of the molecule is C=CC(=O)OCCCCCCOC1=CC=C(C(=O)Oc2ccc(OC(=O)c3ccc(OCCCCCCOC(=O)CCCCOC(=O)C(=C)C)cc3)cc2)CC1. The predicted molar refractivity (Wildman–Crippen MR) is 209 cm³/mol. The monoisotopic (exact) mass is 774 g/mol. The molecule has 2 aromatic carbocycles. The van der Waals surface area contributed by atoms with Crippen LogP contribution in [-0.4, -0.2) is 62.9 Å². The van der Waals surface area contributed by atoms with E-state index in [1.54, 1.807) is 67.6 Å². The lowest BCUT2D eigenvalue weighted by Crippen LogP contribution is -2.13. The fourth-order valence-electron chi connectivity index (χ4n) is 5.17. The molecule has 2 aromatic rings. The molecule has 1 aliphatic rings. The number of ether oxygens (including phenoxy) is 7. The number of unbranched alkanes of at least 4 members (excludes halogenated alkanes) is 7. The van der Waals surface area contributed by atoms with Crippen molar-refractivity contribution in [1.29, 1.82) is 0 Å². The second-order valence-electron chi connectivity index (χ2n) is 13.1. The Morgan fingerprint density at radius 2 is 1.12 bits per heavy atom. The number of benzene rings is 2. The minimum absolute atomic E-state index is 0.250. The van der Waals surface area contributed by atoms with E-state index in [0.717, 1.165) is 63.2 Å². The van der Waals surface area contributed by atoms with Gasteiger partial charge in [-0.25, -0.2) is 19.2 Å². The van der Waals surface area contributed by atoms with Crippen LogP contribution in [0.4, 0.5) is 0 Å². The molecule has 0 heterocycles. The highest BCUT2D eigenvalue weighted by Crippen LogP contribution is 2.24. The molecule has 56 heavy (non-hydrogen) atoms. The molecule has 0 aliphatic heterocycles. The van der Waals surface area contributed by atoms with Gasteiger partial charge >= 0.3 is 29.8 Å². The van der Waals surface area contributed by atoms with Crippen molar-refractivity contribution in [2.24, 2.45) is 0 Å². The number of rotatable bonds is 27. The summed E-state index contributed by atoms with van der Waals surface area (Å²) in [4.78, 5) is 59.6. The van der Waals surface area contributed by atoms with Crippen LogP contribution >= 0.6 is 0 Å². The van der Waals surface area contributed by atoms with Gasteiger partial charge in [-0.1, -0.05) is 13.2 Å². The maximum atomic E-state index is 12.7. The molecular formula is C44H54O12. The first kappa shape index (κ1) is 44.7. The van der Waals surface area contributed by atoms with Crippen LogP contribution in [0.3, 0.4) is 0 Å². The van der Waals surface area contributed by atoms with Gasteiger partial charge < -0.3 is 33.2 Å². The third-order valence-electron chi connectivity index (χ3n) is 8.37. The summed E-state index contributed by atoms with van der Waals surface area (Å²) in [5.74, 6) is 0.0371. The van der Waals surface area contributed by atoms with Crippen molar-refractivity contribution in [3.05, 3.63) is 102 Å². The highest BCUT2D eigenvalue weighted by Gasteiger charge is 2.17. The molecule has 0 N–H and O–H groups in total. The number of esters is 5. The van der Waals surface area contributed by atoms with Gasteiger partial charge in [0.2, 0.25) is 0 Å². The highest BCUT2D eigenvalue weighted by molar-refractivity contribution is 5.92. The maximum absolute atomic E-state index is 12.7. The minimum atomic E-state index is -0.533. The molecule has 1 aliphatic carbocycles. The van der Waals surface area contributed by atoms with Gasteiger partial charge in [-0.3, -0.25) is 4.79 Å². The summed E-state index contributed by atoms with van der Waals surface area (Å²) in [5.41, 5.74) is 1.25. The van der Waals surface area contributed by atoms with Gasteiger partial charge in [-0.05, 0) is 138 Å². The second-order valence-corrected chi connectivity index (χ2v) is 13.1. The van der Waals surface area contributed by atoms with Crippen LogP contribution in [0.15, 0.2) is 96.8 Å². The molecule has 0 radical (unpaired) electrons. The van der Waals surface area contributed by atoms with Gasteiger partial charge in [0.15, 0.2) is 0 Å². The lowest BCUT2D eigenvalue weighted by Gasteiger charge is -2.15. The number of hydrogen-bond donors (Lipinski definition) is 0. The molecule has 0 aromatic heterocycles. The summed E-state index contributed by atoms with van der Waals surface area (Å²) in [6, 6.07) is 13.0. The third kappa shape index (κ3) is 18.6. The summed E-state index contributed by atoms with van der Waals surface area (Å²) < 4.78 is 37.8. The highest BCUT2D eigenvalue weighted by atomic mass is 16.6. The van der Waals surface area contributed by atoms with E-state index in [4.69, 9.17) is 33.2 Å². The number of hydrogen-bond acceptors (Lipinski definition) is 12. The van der Waals surface area contributed by atoms with Crippen molar-refractivity contribution < 1.29 is 57.1 Å². The Labute approximate surface area is 329 Å². The van der Waals surface area contributed by atoms with E-state index >= 15 is 0 Å². The van der Waals surface area contributed by atoms with Crippen LogP contribution in [0.1, 0.15) is 101 Å². The number of carbonyl (C=O) groups excluding carboxylic acids is 5. The quantitative estimate of drug-likeness (QED) is 0.0282. The number of allylic oxidation sites excluding steroid dienone is 3. The first-order valence-corrected chi connectivity index (χ1v) is 19.2. The molecule has 12 nitrogen and oxygen atoms in total. The van der Waals surface area contributed by atoms with E-state index in [0.29, 0.717) is 92.5 Å². The summed E-state index contributed by atoms with van der Waals surface area (Å²) in [6.07, 6.45) is 14.3. The Morgan fingerprint density at radius 3 is 1.71 bits per heavy atom. The number of carbonyl (C=O) groups is 5. The zero-order valence-electron chi connectivity index (χ0n) is 32.4. The maximum Gasteiger partial charge on any atom is 0.343 e. The van der Waals surface area contributed by atoms with Gasteiger partial charge in [0.05, 0.1) is 44.4 Å². The van der Waals surface area contributed by atoms with E-state index in [-0.39, 0.29) is 12.6 Å². The summed E-state index contributed by atoms with van der Waals surface area (Å²) in [7, 11) is 0. The summed E-state index contributed by atoms with van der Waals surface area (Å²) in [5, 5.41) is 0. The van der Waals surface area contributed by atoms with Crippen molar-refractivity contribution in [3.63, 3.8) is 0 Å². The molecule has 0 spiro atoms. The molecule has 0 atom stereocenters. The first-order chi connectivity index (χ1) is 27.1. The van der Waals surface area contributed by atoms with Gasteiger partial charge in [-0.15, -0.1) is 0 Å². The van der Waals surface area contributed by atoms with Crippen LogP contribution in [0.2, 0.25) is 0 Å². The van der Waals surface area contributed by atoms with Crippen LogP contribution in [0.5, 0.6) is 17.2 Å². The fourth-order valence-corrected chi connectivity index (χ4v) is 5.17. The topological polar surface area (TPSA) is 150 Å². The van der Waals surface area contributed by atoms with Gasteiger partial charge in [0, 0.05) is 30.1 Å². The largest absolute Gasteiger partial charge is 0.498 e. The average Bonchev–Trinajstić information content (AvgIpc) is 3.20. The van der Waals surface area contributed by atoms with Crippen molar-refractivity contribution in [2.75, 3.05) is 33.0 Å². The van der Waals surface area contributed by atoms with Gasteiger partial charge in [-0.2, -0.15) is 0 Å². The predicted octanol–water partition coefficient (Wildman–Crippen LogP) is 8.49. The molecule has 0 saturated carbocycles. The molecule has 0 bridgehead atoms. The minimum Gasteiger partial charge on any atom is -0.498 e. The van der Waals surface area contributed by atoms with E-state index < -0.39 is 23.9 Å². The molecule has 0 fully saturated rings. The van der Waals surface area contributed by atoms with Gasteiger partial charge in [0.1, 0.15) is 17.2 Å². The van der Waals surface area contributed by atoms with Gasteiger partial charge in [0.25, 0.3) is 0 Å². The van der Waals surface area contributed by atoms with E-state index in [1.165, 1.54) is 0 Å². The van der Waals surface area contributed by atoms with Crippen LogP contribution in [0, 0.1) is 0 Å². The molecule has 12 heteroatoms. The lowest BCUT2D eigenvalue weighted by atomic mass is 10.0. The zero-order valence-corrected chi connectivity index (χ0v) is 32.4. The summed E-state index contributed by atoms with van der Waals surface area (Å²) >= 11 is 0. The standard InChI is InChI=1S/C44H54O12/c1-4-40(45)52-30-12-7-5-10-28-50-36-20-16-34(17-21-36)43(48)55-38-24-26-39(27-25-38)56-44(49)35-18-22-37(23-19-35)51-29-11-6-8-13-31-53-41(46)15-9-14-32-54-42(47)33(2)3/h4,16,18-20,22-27H,1-2,5-15,17,21,28-32H2,3H3. The molecule has 0 amide bonds. The second kappa shape index (κ2) is 26.2. The Balaban J connectivity index is 1.24. The molecular weight excluding hydrogens is 720 g/mol. The molecule has 3 rings (SSSR count). The van der Waals surface area contributed by atoms with Crippen molar-refractivity contribution in [1.82, 2.24) is 0 Å². The fraction of sp³-hybridized carbons (Fsp3) is 0.432. The van der Waals surface area contributed by atoms with Crippen LogP contribution in [-0.2, 0) is 38.1 Å². The normalized spacial score (nSPS) is 11.9. The molecule has 0 unspecified atom stereocenters. The van der Waals surface area contributed by atoms with E-state index in [2.05, 4.69) is 13.2 Å². The molecule has 302 valence electrons. The Kier molecular flexibility index (Phi) is 20.9. The van der Waals surface area contributed by atoms with Crippen molar-refractivity contribution in [3.8, 4) is 17.2 Å². The molecule has 0 saturated heterocycles. The van der Waals surface area contributed by atoms with Crippen molar-refractivity contribution in [2.45, 2.75) is 90.4 Å². The zero-order chi connectivity index (χ0) is 40.4. The van der Waals surface area contributed by atoms with Crippen molar-refractivity contribution >= 4 is 29.8 Å². The smallest absolute Gasteiger partial charge is 0.343 e. The van der Waals surface area contributed by atoms with E-state index in [1.807, 2.05) is 0 Å². The Hall–Kier alpha value is -5.65. The average molecular weight is 775 g/mol. The Morgan fingerprint density at radius 1 is 0.589 bits per heavy atom. The van der Waals surface area contributed by atoms with Crippen LogP contribution < -0.4 is 14.2 Å². The van der Waals surface area contributed by atoms with Crippen LogP contribution in [0.25, 0.3) is 0 Å². The lowest BCUT2D eigenvalue weighted by molar-refractivity contribution is -0.144. The third-order valence-corrected chi connectivity index (χ3v) is 8.37. The first-order valence-electron chi connectivity index (χ1n) is 19.2.